The van der Waals surface area contributed by atoms with Gasteiger partial charge in [-0.05, 0) is 0 Å². The second-order valence-corrected chi connectivity index (χ2v) is 2.99. The van der Waals surface area contributed by atoms with E-state index >= 15 is 0 Å². The van der Waals surface area contributed by atoms with Crippen LogP contribution in [-0.4, -0.2) is 24.7 Å². The molecule has 0 bridgehead atoms. The van der Waals surface area contributed by atoms with Gasteiger partial charge in [-0.1, -0.05) is 11.6 Å². The largest absolute Gasteiger partial charge is 0.383 e. The molecule has 0 amide bonds. The number of halogens is 1. The SMILES string of the molecule is Cn1ncnc1-c1c(N)ncnc1Cl. The van der Waals surface area contributed by atoms with Crippen molar-refractivity contribution >= 4 is 17.4 Å². The predicted molar refractivity (Wildman–Crippen MR) is 51.5 cm³/mol. The minimum absolute atomic E-state index is 0.272. The van der Waals surface area contributed by atoms with E-state index < -0.39 is 0 Å². The highest BCUT2D eigenvalue weighted by Gasteiger charge is 2.14. The van der Waals surface area contributed by atoms with Gasteiger partial charge in [0, 0.05) is 7.05 Å². The van der Waals surface area contributed by atoms with Gasteiger partial charge in [-0.15, -0.1) is 0 Å². The maximum Gasteiger partial charge on any atom is 0.164 e. The van der Waals surface area contributed by atoms with E-state index in [-0.39, 0.29) is 5.15 Å². The van der Waals surface area contributed by atoms with Crippen molar-refractivity contribution in [2.75, 3.05) is 5.73 Å². The van der Waals surface area contributed by atoms with Crippen molar-refractivity contribution < 1.29 is 0 Å². The molecule has 0 spiro atoms. The van der Waals surface area contributed by atoms with Crippen LogP contribution in [-0.2, 0) is 7.05 Å². The van der Waals surface area contributed by atoms with E-state index in [0.29, 0.717) is 17.2 Å². The van der Waals surface area contributed by atoms with Crippen molar-refractivity contribution in [2.24, 2.45) is 7.05 Å². The number of nitrogens with two attached hydrogens (primary N) is 1. The van der Waals surface area contributed by atoms with Crippen LogP contribution in [0.5, 0.6) is 0 Å². The normalized spacial score (nSPS) is 10.4. The second-order valence-electron chi connectivity index (χ2n) is 2.63. The highest BCUT2D eigenvalue weighted by molar-refractivity contribution is 6.32. The third-order valence-electron chi connectivity index (χ3n) is 1.77. The number of rotatable bonds is 1. The summed E-state index contributed by atoms with van der Waals surface area (Å²) in [6.45, 7) is 0. The summed E-state index contributed by atoms with van der Waals surface area (Å²) < 4.78 is 1.56. The molecule has 2 rings (SSSR count). The Balaban J connectivity index is 2.68. The molecule has 0 aliphatic heterocycles. The Labute approximate surface area is 84.8 Å². The Bertz CT molecular complexity index is 445. The highest BCUT2D eigenvalue weighted by Crippen LogP contribution is 2.27. The number of nitrogens with zero attached hydrogens (tertiary/aromatic N) is 5. The monoisotopic (exact) mass is 210 g/mol. The smallest absolute Gasteiger partial charge is 0.164 e. The fraction of sp³-hybridized carbons (Fsp3) is 0.143. The minimum atomic E-state index is 0.272. The Morgan fingerprint density at radius 3 is 2.64 bits per heavy atom. The Morgan fingerprint density at radius 1 is 1.29 bits per heavy atom. The number of nitrogen functional groups attached to an aromatic ring is 1. The van der Waals surface area contributed by atoms with Crippen molar-refractivity contribution in [1.82, 2.24) is 24.7 Å². The molecule has 7 heteroatoms. The maximum atomic E-state index is 5.88. The lowest BCUT2D eigenvalue weighted by molar-refractivity contribution is 0.774. The van der Waals surface area contributed by atoms with Crippen LogP contribution in [0.3, 0.4) is 0 Å². The predicted octanol–water partition coefficient (Wildman–Crippen LogP) is 0.508. The Morgan fingerprint density at radius 2 is 2.07 bits per heavy atom. The molecule has 2 N–H and O–H groups in total. The van der Waals surface area contributed by atoms with Gasteiger partial charge in [-0.25, -0.2) is 19.6 Å². The van der Waals surface area contributed by atoms with Crippen LogP contribution in [0.25, 0.3) is 11.4 Å². The van der Waals surface area contributed by atoms with Gasteiger partial charge in [0.05, 0.1) is 5.56 Å². The molecule has 72 valence electrons. The van der Waals surface area contributed by atoms with Gasteiger partial charge in [0.25, 0.3) is 0 Å². The molecular formula is C7H7ClN6. The van der Waals surface area contributed by atoms with Gasteiger partial charge in [0.1, 0.15) is 23.6 Å². The zero-order valence-corrected chi connectivity index (χ0v) is 8.10. The van der Waals surface area contributed by atoms with Crippen LogP contribution in [0.15, 0.2) is 12.7 Å². The standard InChI is InChI=1S/C7H7ClN6/c1-14-7(12-3-13-14)4-5(8)10-2-11-6(4)9/h2-3H,1H3,(H2,9,10,11). The molecule has 0 fully saturated rings. The van der Waals surface area contributed by atoms with Crippen molar-refractivity contribution in [3.05, 3.63) is 17.8 Å². The fourth-order valence-corrected chi connectivity index (χ4v) is 1.33. The second kappa shape index (κ2) is 3.22. The summed E-state index contributed by atoms with van der Waals surface area (Å²) in [4.78, 5) is 11.7. The van der Waals surface area contributed by atoms with Crippen LogP contribution in [0.4, 0.5) is 5.82 Å². The van der Waals surface area contributed by atoms with E-state index in [1.165, 1.54) is 12.7 Å². The molecule has 2 heterocycles. The first kappa shape index (κ1) is 8.89. The van der Waals surface area contributed by atoms with Crippen LogP contribution in [0, 0.1) is 0 Å². The van der Waals surface area contributed by atoms with E-state index in [1.54, 1.807) is 11.7 Å². The third-order valence-corrected chi connectivity index (χ3v) is 2.05. The molecule has 0 aliphatic carbocycles. The molecular weight excluding hydrogens is 204 g/mol. The van der Waals surface area contributed by atoms with Crippen molar-refractivity contribution in [1.29, 1.82) is 0 Å². The fourth-order valence-electron chi connectivity index (χ4n) is 1.11. The van der Waals surface area contributed by atoms with Gasteiger partial charge in [0.2, 0.25) is 0 Å². The van der Waals surface area contributed by atoms with Gasteiger partial charge in [-0.2, -0.15) is 5.10 Å². The number of aryl methyl sites for hydroxylation is 1. The summed E-state index contributed by atoms with van der Waals surface area (Å²) in [7, 11) is 1.74. The summed E-state index contributed by atoms with van der Waals surface area (Å²) in [6, 6.07) is 0. The zero-order chi connectivity index (χ0) is 10.1. The molecule has 2 aromatic heterocycles. The van der Waals surface area contributed by atoms with Crippen LogP contribution >= 0.6 is 11.6 Å². The average molecular weight is 211 g/mol. The maximum absolute atomic E-state index is 5.88. The molecule has 6 nitrogen and oxygen atoms in total. The van der Waals surface area contributed by atoms with Gasteiger partial charge in [-0.3, -0.25) is 0 Å². The topological polar surface area (TPSA) is 82.5 Å². The van der Waals surface area contributed by atoms with Gasteiger partial charge < -0.3 is 5.73 Å². The van der Waals surface area contributed by atoms with E-state index in [1.807, 2.05) is 0 Å². The lowest BCUT2D eigenvalue weighted by Crippen LogP contribution is -2.01. The van der Waals surface area contributed by atoms with E-state index in [4.69, 9.17) is 17.3 Å². The quantitative estimate of drug-likeness (QED) is 0.694. The number of anilines is 1. The number of aromatic nitrogens is 5. The molecule has 14 heavy (non-hydrogen) atoms. The lowest BCUT2D eigenvalue weighted by Gasteiger charge is -2.04. The molecule has 0 atom stereocenters. The van der Waals surface area contributed by atoms with Crippen LogP contribution in [0.1, 0.15) is 0 Å². The zero-order valence-electron chi connectivity index (χ0n) is 7.35. The summed E-state index contributed by atoms with van der Waals surface area (Å²) in [5.74, 6) is 0.842. The first-order valence-corrected chi connectivity index (χ1v) is 4.18. The molecule has 0 aliphatic rings. The first-order chi connectivity index (χ1) is 6.70. The third kappa shape index (κ3) is 1.29. The van der Waals surface area contributed by atoms with E-state index in [9.17, 15) is 0 Å². The van der Waals surface area contributed by atoms with Crippen LogP contribution in [0.2, 0.25) is 5.15 Å². The van der Waals surface area contributed by atoms with Gasteiger partial charge in [0.15, 0.2) is 5.82 Å². The number of hydrogen-bond donors (Lipinski definition) is 1. The highest BCUT2D eigenvalue weighted by atomic mass is 35.5. The molecule has 0 radical (unpaired) electrons. The lowest BCUT2D eigenvalue weighted by atomic mass is 10.3. The Hall–Kier alpha value is -1.69. The summed E-state index contributed by atoms with van der Waals surface area (Å²) >= 11 is 5.88. The molecule has 0 unspecified atom stereocenters. The van der Waals surface area contributed by atoms with Crippen molar-refractivity contribution in [2.45, 2.75) is 0 Å². The Kier molecular flexibility index (Phi) is 2.05. The van der Waals surface area contributed by atoms with Crippen molar-refractivity contribution in [3.8, 4) is 11.4 Å². The molecule has 0 saturated heterocycles. The molecule has 0 saturated carbocycles. The summed E-state index contributed by atoms with van der Waals surface area (Å²) in [5, 5.41) is 4.18. The number of hydrogen-bond acceptors (Lipinski definition) is 5. The summed E-state index contributed by atoms with van der Waals surface area (Å²) in [5.41, 5.74) is 6.17. The minimum Gasteiger partial charge on any atom is -0.383 e. The average Bonchev–Trinajstić information content (AvgIpc) is 2.52. The molecule has 2 aromatic rings. The summed E-state index contributed by atoms with van der Waals surface area (Å²) in [6.07, 6.45) is 2.72. The van der Waals surface area contributed by atoms with Gasteiger partial charge >= 0.3 is 0 Å². The van der Waals surface area contributed by atoms with E-state index in [2.05, 4.69) is 20.1 Å². The molecule has 0 aromatic carbocycles. The van der Waals surface area contributed by atoms with E-state index in [0.717, 1.165) is 0 Å². The van der Waals surface area contributed by atoms with Crippen molar-refractivity contribution in [3.63, 3.8) is 0 Å². The first-order valence-electron chi connectivity index (χ1n) is 3.80. The van der Waals surface area contributed by atoms with Crippen LogP contribution < -0.4 is 5.73 Å².